The van der Waals surface area contributed by atoms with E-state index in [-0.39, 0.29) is 12.5 Å². The van der Waals surface area contributed by atoms with Gasteiger partial charge in [0.2, 0.25) is 5.91 Å². The molecule has 2 rings (SSSR count). The molecule has 0 saturated carbocycles. The molecule has 0 saturated heterocycles. The van der Waals surface area contributed by atoms with Crippen molar-refractivity contribution in [3.8, 4) is 0 Å². The summed E-state index contributed by atoms with van der Waals surface area (Å²) >= 11 is 0. The minimum atomic E-state index is -4.36. The first kappa shape index (κ1) is 18.0. The summed E-state index contributed by atoms with van der Waals surface area (Å²) in [7, 11) is 0. The van der Waals surface area contributed by atoms with Gasteiger partial charge in [0.15, 0.2) is 6.39 Å². The Bertz CT molecular complexity index is 734. The summed E-state index contributed by atoms with van der Waals surface area (Å²) in [6, 6.07) is 0. The Balaban J connectivity index is 2.12. The third-order valence-electron chi connectivity index (χ3n) is 3.87. The standard InChI is InChI=1S/C15H19F3N4O2/c1-8(14(23)19-5-12-11(4)24-7-20-12)13-9(2)21-22(10(13)3)6-15(16,17)18/h7-8H,5-6H2,1-4H3,(H,19,23). The molecule has 9 heteroatoms. The predicted molar refractivity (Wildman–Crippen MR) is 79.3 cm³/mol. The highest BCUT2D eigenvalue weighted by Gasteiger charge is 2.31. The number of oxazole rings is 1. The highest BCUT2D eigenvalue weighted by molar-refractivity contribution is 5.83. The molecule has 2 aromatic rings. The van der Waals surface area contributed by atoms with Crippen molar-refractivity contribution < 1.29 is 22.4 Å². The van der Waals surface area contributed by atoms with Crippen LogP contribution < -0.4 is 5.32 Å². The SMILES string of the molecule is Cc1nn(CC(F)(F)F)c(C)c1C(C)C(=O)NCc1ncoc1C. The van der Waals surface area contributed by atoms with Gasteiger partial charge in [-0.25, -0.2) is 4.98 Å². The van der Waals surface area contributed by atoms with E-state index in [4.69, 9.17) is 4.42 Å². The first-order chi connectivity index (χ1) is 11.1. The molecule has 0 fully saturated rings. The lowest BCUT2D eigenvalue weighted by Crippen LogP contribution is -2.28. The van der Waals surface area contributed by atoms with Gasteiger partial charge < -0.3 is 9.73 Å². The van der Waals surface area contributed by atoms with Crippen LogP contribution in [-0.2, 0) is 17.9 Å². The summed E-state index contributed by atoms with van der Waals surface area (Å²) in [5, 5.41) is 6.63. The van der Waals surface area contributed by atoms with E-state index >= 15 is 0 Å². The fourth-order valence-electron chi connectivity index (χ4n) is 2.61. The number of alkyl halides is 3. The monoisotopic (exact) mass is 344 g/mol. The van der Waals surface area contributed by atoms with Gasteiger partial charge in [0, 0.05) is 11.3 Å². The van der Waals surface area contributed by atoms with Gasteiger partial charge in [-0.15, -0.1) is 0 Å². The lowest BCUT2D eigenvalue weighted by atomic mass is 9.98. The number of aryl methyl sites for hydroxylation is 2. The third-order valence-corrected chi connectivity index (χ3v) is 3.87. The van der Waals surface area contributed by atoms with Gasteiger partial charge in [-0.1, -0.05) is 0 Å². The minimum absolute atomic E-state index is 0.195. The van der Waals surface area contributed by atoms with Gasteiger partial charge in [0.05, 0.1) is 18.2 Å². The number of nitrogens with zero attached hydrogens (tertiary/aromatic N) is 3. The van der Waals surface area contributed by atoms with E-state index in [2.05, 4.69) is 15.4 Å². The fraction of sp³-hybridized carbons (Fsp3) is 0.533. The van der Waals surface area contributed by atoms with Crippen LogP contribution in [0.15, 0.2) is 10.8 Å². The van der Waals surface area contributed by atoms with Gasteiger partial charge >= 0.3 is 6.18 Å². The number of carbonyl (C=O) groups is 1. The number of halogens is 3. The predicted octanol–water partition coefficient (Wildman–Crippen LogP) is 2.78. The largest absolute Gasteiger partial charge is 0.448 e. The molecule has 2 aromatic heterocycles. The number of rotatable bonds is 5. The molecular formula is C15H19F3N4O2. The highest BCUT2D eigenvalue weighted by atomic mass is 19.4. The summed E-state index contributed by atoms with van der Waals surface area (Å²) < 4.78 is 43.7. The number of carbonyl (C=O) groups excluding carboxylic acids is 1. The summed E-state index contributed by atoms with van der Waals surface area (Å²) in [6.07, 6.45) is -3.08. The zero-order chi connectivity index (χ0) is 18.1. The van der Waals surface area contributed by atoms with Crippen LogP contribution in [-0.4, -0.2) is 26.8 Å². The zero-order valence-corrected chi connectivity index (χ0v) is 13.9. The molecule has 0 aliphatic carbocycles. The second-order valence-electron chi connectivity index (χ2n) is 5.65. The molecule has 0 radical (unpaired) electrons. The van der Waals surface area contributed by atoms with Gasteiger partial charge in [-0.3, -0.25) is 9.48 Å². The Labute approximate surface area is 137 Å². The van der Waals surface area contributed by atoms with Gasteiger partial charge in [0.1, 0.15) is 18.0 Å². The number of nitrogens with one attached hydrogen (secondary N) is 1. The molecule has 1 unspecified atom stereocenters. The van der Waals surface area contributed by atoms with E-state index in [1.54, 1.807) is 20.8 Å². The van der Waals surface area contributed by atoms with Crippen LogP contribution in [0.25, 0.3) is 0 Å². The molecule has 0 spiro atoms. The first-order valence-electron chi connectivity index (χ1n) is 7.37. The number of aromatic nitrogens is 3. The number of hydrogen-bond donors (Lipinski definition) is 1. The molecule has 0 aromatic carbocycles. The van der Waals surface area contributed by atoms with Crippen molar-refractivity contribution in [2.24, 2.45) is 0 Å². The Hall–Kier alpha value is -2.32. The van der Waals surface area contributed by atoms with Crippen LogP contribution in [0.4, 0.5) is 13.2 Å². The van der Waals surface area contributed by atoms with Crippen LogP contribution in [0.3, 0.4) is 0 Å². The summed E-state index contributed by atoms with van der Waals surface area (Å²) in [5.74, 6) is -0.331. The maximum absolute atomic E-state index is 12.6. The lowest BCUT2D eigenvalue weighted by Gasteiger charge is -2.13. The van der Waals surface area contributed by atoms with Crippen LogP contribution in [0.5, 0.6) is 0 Å². The Morgan fingerprint density at radius 3 is 2.58 bits per heavy atom. The molecular weight excluding hydrogens is 325 g/mol. The molecule has 2 heterocycles. The van der Waals surface area contributed by atoms with Crippen molar-refractivity contribution in [3.63, 3.8) is 0 Å². The molecule has 0 aliphatic heterocycles. The van der Waals surface area contributed by atoms with Crippen molar-refractivity contribution in [2.75, 3.05) is 0 Å². The second-order valence-corrected chi connectivity index (χ2v) is 5.65. The molecule has 0 bridgehead atoms. The zero-order valence-electron chi connectivity index (χ0n) is 13.9. The van der Waals surface area contributed by atoms with Crippen LogP contribution >= 0.6 is 0 Å². The molecule has 6 nitrogen and oxygen atoms in total. The van der Waals surface area contributed by atoms with Gasteiger partial charge in [-0.05, 0) is 27.7 Å². The topological polar surface area (TPSA) is 73.0 Å². The average molecular weight is 344 g/mol. The average Bonchev–Trinajstić information content (AvgIpc) is 2.98. The van der Waals surface area contributed by atoms with Crippen molar-refractivity contribution in [2.45, 2.75) is 52.9 Å². The van der Waals surface area contributed by atoms with Crippen molar-refractivity contribution in [1.82, 2.24) is 20.1 Å². The Morgan fingerprint density at radius 1 is 1.38 bits per heavy atom. The van der Waals surface area contributed by atoms with Gasteiger partial charge in [-0.2, -0.15) is 18.3 Å². The second kappa shape index (κ2) is 6.66. The molecule has 1 amide bonds. The molecule has 24 heavy (non-hydrogen) atoms. The first-order valence-corrected chi connectivity index (χ1v) is 7.37. The van der Waals surface area contributed by atoms with Crippen LogP contribution in [0.2, 0.25) is 0 Å². The molecule has 1 N–H and O–H groups in total. The van der Waals surface area contributed by atoms with E-state index in [9.17, 15) is 18.0 Å². The number of hydrogen-bond acceptors (Lipinski definition) is 4. The maximum Gasteiger partial charge on any atom is 0.408 e. The lowest BCUT2D eigenvalue weighted by molar-refractivity contribution is -0.143. The number of amides is 1. The van der Waals surface area contributed by atoms with Crippen LogP contribution in [0.1, 0.15) is 41.2 Å². The van der Waals surface area contributed by atoms with E-state index in [0.717, 1.165) is 4.68 Å². The van der Waals surface area contributed by atoms with Crippen molar-refractivity contribution in [1.29, 1.82) is 0 Å². The third kappa shape index (κ3) is 3.95. The van der Waals surface area contributed by atoms with Gasteiger partial charge in [0.25, 0.3) is 0 Å². The van der Waals surface area contributed by atoms with E-state index in [0.29, 0.717) is 28.4 Å². The van der Waals surface area contributed by atoms with E-state index in [1.165, 1.54) is 13.3 Å². The van der Waals surface area contributed by atoms with E-state index < -0.39 is 18.6 Å². The molecule has 132 valence electrons. The Kier molecular flexibility index (Phi) is 5.00. The van der Waals surface area contributed by atoms with Crippen molar-refractivity contribution >= 4 is 5.91 Å². The fourth-order valence-corrected chi connectivity index (χ4v) is 2.61. The quantitative estimate of drug-likeness (QED) is 0.905. The Morgan fingerprint density at radius 2 is 2.04 bits per heavy atom. The van der Waals surface area contributed by atoms with E-state index in [1.807, 2.05) is 0 Å². The van der Waals surface area contributed by atoms with Crippen LogP contribution in [0, 0.1) is 20.8 Å². The minimum Gasteiger partial charge on any atom is -0.448 e. The smallest absolute Gasteiger partial charge is 0.408 e. The molecule has 0 aliphatic rings. The van der Waals surface area contributed by atoms with Crippen molar-refractivity contribution in [3.05, 3.63) is 34.8 Å². The summed E-state index contributed by atoms with van der Waals surface area (Å²) in [4.78, 5) is 16.3. The highest BCUT2D eigenvalue weighted by Crippen LogP contribution is 2.26. The maximum atomic E-state index is 12.6. The normalized spacial score (nSPS) is 13.1. The molecule has 1 atom stereocenters. The summed E-state index contributed by atoms with van der Waals surface area (Å²) in [6.45, 7) is 5.52. The summed E-state index contributed by atoms with van der Waals surface area (Å²) in [5.41, 5.74) is 1.87.